The molecular weight excluding hydrogens is 631 g/mol. The van der Waals surface area contributed by atoms with E-state index in [-0.39, 0.29) is 126 Å². The number of nitrogens with zero attached hydrogens (tertiary/aromatic N) is 1. The molecule has 0 radical (unpaired) electrons. The van der Waals surface area contributed by atoms with Crippen LogP contribution in [0.1, 0.15) is 67.7 Å². The molecule has 35 heavy (non-hydrogen) atoms. The van der Waals surface area contributed by atoms with E-state index in [2.05, 4.69) is 59.5 Å². The molecule has 0 N–H and O–H groups in total. The Morgan fingerprint density at radius 3 is 1.37 bits per heavy atom. The average Bonchev–Trinajstić information content (AvgIpc) is 3.16. The monoisotopic (exact) mass is 683 g/mol. The lowest BCUT2D eigenvalue weighted by Crippen LogP contribution is -2.51. The molecule has 1 aromatic heterocycles. The standard InChI is InChI=1S/C14H32O3Si.C7H5NS.8H2S/c1-8-12(5)15-18(11-4,16-13(6)9-2)17-14(7)10-3;1-2-4-7-6(3-1)8-5-9-7;;;;;;;;/h12-14H,8-11H2,1-7H3;1-5H;8*1H2. The van der Waals surface area contributed by atoms with Gasteiger partial charge in [-0.25, -0.2) is 4.98 Å². The first-order valence-electron chi connectivity index (χ1n) is 10.2. The fourth-order valence-corrected chi connectivity index (χ4v) is 5.99. The summed E-state index contributed by atoms with van der Waals surface area (Å²) >= 11 is 1.68. The van der Waals surface area contributed by atoms with Gasteiger partial charge >= 0.3 is 8.80 Å². The zero-order chi connectivity index (χ0) is 20.3. The summed E-state index contributed by atoms with van der Waals surface area (Å²) in [6.45, 7) is 14.8. The largest absolute Gasteiger partial charge is 0.501 e. The Kier molecular flexibility index (Phi) is 52.5. The van der Waals surface area contributed by atoms with Gasteiger partial charge in [0.25, 0.3) is 0 Å². The summed E-state index contributed by atoms with van der Waals surface area (Å²) in [6.07, 6.45) is 3.56. The molecule has 0 spiro atoms. The van der Waals surface area contributed by atoms with Gasteiger partial charge in [-0.3, -0.25) is 0 Å². The van der Waals surface area contributed by atoms with E-state index in [1.54, 1.807) is 11.3 Å². The van der Waals surface area contributed by atoms with Crippen molar-refractivity contribution in [3.8, 4) is 0 Å². The van der Waals surface area contributed by atoms with E-state index >= 15 is 0 Å². The lowest BCUT2D eigenvalue weighted by molar-refractivity contribution is -0.00985. The van der Waals surface area contributed by atoms with Gasteiger partial charge in [0.1, 0.15) is 0 Å². The maximum Gasteiger partial charge on any atom is 0.501 e. The number of thiazole rings is 1. The Hall–Kier alpha value is 2.01. The minimum absolute atomic E-state index is 0. The fraction of sp³-hybridized carbons (Fsp3) is 0.667. The molecule has 0 aliphatic heterocycles. The van der Waals surface area contributed by atoms with Gasteiger partial charge in [0.15, 0.2) is 0 Å². The molecule has 3 atom stereocenters. The molecule has 0 aliphatic carbocycles. The molecule has 1 aromatic carbocycles. The molecule has 14 heteroatoms. The van der Waals surface area contributed by atoms with Crippen LogP contribution < -0.4 is 0 Å². The number of para-hydroxylation sites is 1. The van der Waals surface area contributed by atoms with E-state index in [4.69, 9.17) is 13.3 Å². The van der Waals surface area contributed by atoms with E-state index in [0.717, 1.165) is 30.8 Å². The molecule has 3 unspecified atom stereocenters. The summed E-state index contributed by atoms with van der Waals surface area (Å²) in [6, 6.07) is 8.97. The second-order valence-electron chi connectivity index (χ2n) is 6.87. The quantitative estimate of drug-likeness (QED) is 0.242. The minimum Gasteiger partial charge on any atom is -0.371 e. The Labute approximate surface area is 276 Å². The van der Waals surface area contributed by atoms with Gasteiger partial charge < -0.3 is 13.3 Å². The second-order valence-corrected chi connectivity index (χ2v) is 10.5. The predicted molar refractivity (Wildman–Crippen MR) is 201 cm³/mol. The number of hydrogen-bond acceptors (Lipinski definition) is 5. The van der Waals surface area contributed by atoms with Crippen LogP contribution in [0.15, 0.2) is 29.8 Å². The van der Waals surface area contributed by atoms with Crippen molar-refractivity contribution in [3.63, 3.8) is 0 Å². The maximum absolute atomic E-state index is 6.18. The van der Waals surface area contributed by atoms with Crippen LogP contribution in [0.2, 0.25) is 6.04 Å². The van der Waals surface area contributed by atoms with Crippen LogP contribution in [0.3, 0.4) is 0 Å². The van der Waals surface area contributed by atoms with Gasteiger partial charge in [-0.15, -0.1) is 11.3 Å². The molecule has 0 bridgehead atoms. The third-order valence-corrected chi connectivity index (χ3v) is 8.50. The van der Waals surface area contributed by atoms with Crippen molar-refractivity contribution < 1.29 is 13.3 Å². The predicted octanol–water partition coefficient (Wildman–Crippen LogP) is 7.59. The summed E-state index contributed by atoms with van der Waals surface area (Å²) in [7, 11) is -2.52. The number of aromatic nitrogens is 1. The number of fused-ring (bicyclic) bond motifs is 1. The Bertz CT molecular complexity index is 598. The molecular formula is C21H53NO3S9Si. The first-order valence-corrected chi connectivity index (χ1v) is 13.0. The molecule has 0 fully saturated rings. The highest BCUT2D eigenvalue weighted by molar-refractivity contribution is 7.60. The van der Waals surface area contributed by atoms with Crippen LogP contribution in [-0.4, -0.2) is 32.1 Å². The number of benzene rings is 1. The molecule has 4 nitrogen and oxygen atoms in total. The summed E-state index contributed by atoms with van der Waals surface area (Å²) < 4.78 is 19.8. The van der Waals surface area contributed by atoms with Gasteiger partial charge in [-0.1, -0.05) is 39.8 Å². The van der Waals surface area contributed by atoms with E-state index in [0.29, 0.717) is 0 Å². The van der Waals surface area contributed by atoms with Crippen molar-refractivity contribution in [3.05, 3.63) is 29.8 Å². The maximum atomic E-state index is 6.18. The molecule has 218 valence electrons. The number of hydrogen-bond donors (Lipinski definition) is 0. The van der Waals surface area contributed by atoms with Crippen molar-refractivity contribution in [1.29, 1.82) is 0 Å². The van der Waals surface area contributed by atoms with Gasteiger partial charge in [-0.2, -0.15) is 108 Å². The highest BCUT2D eigenvalue weighted by Crippen LogP contribution is 2.24. The lowest BCUT2D eigenvalue weighted by Gasteiger charge is -2.35. The summed E-state index contributed by atoms with van der Waals surface area (Å²) in [5, 5.41) is 0. The second kappa shape index (κ2) is 32.2. The minimum atomic E-state index is -2.52. The zero-order valence-electron chi connectivity index (χ0n) is 22.0. The Morgan fingerprint density at radius 1 is 0.686 bits per heavy atom. The van der Waals surface area contributed by atoms with Crippen molar-refractivity contribution in [2.45, 2.75) is 92.1 Å². The zero-order valence-corrected chi connectivity index (χ0v) is 31.8. The third-order valence-electron chi connectivity index (χ3n) is 4.54. The first-order chi connectivity index (χ1) is 12.9. The van der Waals surface area contributed by atoms with E-state index in [9.17, 15) is 0 Å². The Balaban J connectivity index is -0.0000000623. The van der Waals surface area contributed by atoms with Gasteiger partial charge in [0.05, 0.1) is 15.7 Å². The van der Waals surface area contributed by atoms with Crippen LogP contribution in [0.5, 0.6) is 0 Å². The summed E-state index contributed by atoms with van der Waals surface area (Å²) in [4.78, 5) is 4.14. The Morgan fingerprint density at radius 2 is 1.06 bits per heavy atom. The van der Waals surface area contributed by atoms with Crippen LogP contribution in [0.4, 0.5) is 0 Å². The van der Waals surface area contributed by atoms with E-state index < -0.39 is 8.80 Å². The fourth-order valence-electron chi connectivity index (χ4n) is 2.31. The van der Waals surface area contributed by atoms with Crippen molar-refractivity contribution >= 4 is 138 Å². The van der Waals surface area contributed by atoms with Crippen LogP contribution in [0.25, 0.3) is 10.2 Å². The molecule has 0 saturated carbocycles. The summed E-state index contributed by atoms with van der Waals surface area (Å²) in [5.41, 5.74) is 2.97. The smallest absolute Gasteiger partial charge is 0.371 e. The molecule has 0 amide bonds. The van der Waals surface area contributed by atoms with Gasteiger partial charge in [0.2, 0.25) is 0 Å². The normalized spacial score (nSPS) is 13.0. The SMILES string of the molecule is CCC(C)O[Si](CC)(OC(C)CC)OC(C)CC.S.S.S.S.S.S.S.S.c1ccc2scnc2c1. The third kappa shape index (κ3) is 22.5. The lowest BCUT2D eigenvalue weighted by atomic mass is 10.3. The summed E-state index contributed by atoms with van der Waals surface area (Å²) in [5.74, 6) is 0. The highest BCUT2D eigenvalue weighted by Gasteiger charge is 2.43. The van der Waals surface area contributed by atoms with Crippen LogP contribution in [0, 0.1) is 0 Å². The van der Waals surface area contributed by atoms with Gasteiger partial charge in [-0.05, 0) is 52.2 Å². The van der Waals surface area contributed by atoms with Crippen molar-refractivity contribution in [1.82, 2.24) is 4.98 Å². The number of rotatable bonds is 10. The topological polar surface area (TPSA) is 40.6 Å². The van der Waals surface area contributed by atoms with E-state index in [1.807, 2.05) is 23.7 Å². The van der Waals surface area contributed by atoms with Crippen LogP contribution >= 0.6 is 119 Å². The highest BCUT2D eigenvalue weighted by atomic mass is 32.1. The molecule has 2 rings (SSSR count). The molecule has 2 aromatic rings. The van der Waals surface area contributed by atoms with Crippen LogP contribution in [-0.2, 0) is 13.3 Å². The first kappa shape index (κ1) is 57.0. The van der Waals surface area contributed by atoms with Crippen molar-refractivity contribution in [2.24, 2.45) is 0 Å². The molecule has 1 heterocycles. The van der Waals surface area contributed by atoms with E-state index in [1.165, 1.54) is 4.70 Å². The molecule has 0 aliphatic rings. The molecule has 0 saturated heterocycles. The van der Waals surface area contributed by atoms with Gasteiger partial charge in [0, 0.05) is 24.4 Å². The van der Waals surface area contributed by atoms with Crippen molar-refractivity contribution in [2.75, 3.05) is 0 Å². The average molecular weight is 684 g/mol.